The van der Waals surface area contributed by atoms with Gasteiger partial charge in [-0.15, -0.1) is 0 Å². The van der Waals surface area contributed by atoms with Crippen LogP contribution in [-0.2, 0) is 16.0 Å². The first-order valence-electron chi connectivity index (χ1n) is 11.6. The van der Waals surface area contributed by atoms with E-state index >= 15 is 0 Å². The van der Waals surface area contributed by atoms with Crippen molar-refractivity contribution >= 4 is 16.9 Å². The van der Waals surface area contributed by atoms with Crippen LogP contribution in [0.5, 0.6) is 0 Å². The van der Waals surface area contributed by atoms with Crippen molar-refractivity contribution in [2.45, 2.75) is 58.9 Å². The highest BCUT2D eigenvalue weighted by Gasteiger charge is 2.42. The summed E-state index contributed by atoms with van der Waals surface area (Å²) in [7, 11) is 0. The molecule has 32 heavy (non-hydrogen) atoms. The van der Waals surface area contributed by atoms with Crippen molar-refractivity contribution in [1.29, 1.82) is 0 Å². The van der Waals surface area contributed by atoms with Gasteiger partial charge in [0.15, 0.2) is 5.76 Å². The Kier molecular flexibility index (Phi) is 5.31. The Morgan fingerprint density at radius 3 is 2.78 bits per heavy atom. The second-order valence-electron chi connectivity index (χ2n) is 9.60. The minimum atomic E-state index is -0.363. The highest BCUT2D eigenvalue weighted by molar-refractivity contribution is 5.93. The van der Waals surface area contributed by atoms with Gasteiger partial charge < -0.3 is 19.0 Å². The molecular formula is C26H31N3O3. The lowest BCUT2D eigenvalue weighted by molar-refractivity contribution is -0.133. The number of hydrogen-bond donors (Lipinski definition) is 1. The Labute approximate surface area is 188 Å². The molecule has 5 rings (SSSR count). The van der Waals surface area contributed by atoms with E-state index < -0.39 is 0 Å². The van der Waals surface area contributed by atoms with Crippen molar-refractivity contribution in [3.8, 4) is 0 Å². The number of imidazole rings is 1. The Balaban J connectivity index is 1.62. The van der Waals surface area contributed by atoms with E-state index in [9.17, 15) is 4.79 Å². The number of fused-ring (bicyclic) bond motifs is 2. The minimum absolute atomic E-state index is 0.0912. The molecular weight excluding hydrogens is 402 g/mol. The minimum Gasteiger partial charge on any atom is -0.488 e. The Bertz CT molecular complexity index is 1180. The van der Waals surface area contributed by atoms with Crippen LogP contribution in [0.3, 0.4) is 0 Å². The molecule has 3 heterocycles. The lowest BCUT2D eigenvalue weighted by Gasteiger charge is -2.35. The number of ether oxygens (including phenoxy) is 1. The second-order valence-corrected chi connectivity index (χ2v) is 9.60. The van der Waals surface area contributed by atoms with E-state index in [0.29, 0.717) is 30.7 Å². The molecule has 6 heteroatoms. The SMILES string of the molecule is CC(C)=C(OCC(C)C)C(=O)N1CCc2[nH]cnc2C1c1oc2ccccc2c1C1CC1. The van der Waals surface area contributed by atoms with Crippen LogP contribution in [0, 0.1) is 5.92 Å². The van der Waals surface area contributed by atoms with Crippen LogP contribution >= 0.6 is 0 Å². The van der Waals surface area contributed by atoms with Gasteiger partial charge in [0.05, 0.1) is 18.6 Å². The highest BCUT2D eigenvalue weighted by atomic mass is 16.5. The number of nitrogens with one attached hydrogen (secondary N) is 1. The number of nitrogens with zero attached hydrogens (tertiary/aromatic N) is 2. The molecule has 0 spiro atoms. The number of carbonyl (C=O) groups excluding carboxylic acids is 1. The smallest absolute Gasteiger partial charge is 0.289 e. The van der Waals surface area contributed by atoms with Crippen LogP contribution in [0.25, 0.3) is 11.0 Å². The van der Waals surface area contributed by atoms with E-state index in [0.717, 1.165) is 53.0 Å². The number of para-hydroxylation sites is 1. The van der Waals surface area contributed by atoms with Crippen LogP contribution in [0.15, 0.2) is 46.3 Å². The lowest BCUT2D eigenvalue weighted by Crippen LogP contribution is -2.42. The summed E-state index contributed by atoms with van der Waals surface area (Å²) in [4.78, 5) is 23.7. The summed E-state index contributed by atoms with van der Waals surface area (Å²) in [5, 5.41) is 1.15. The molecule has 2 aliphatic rings. The summed E-state index contributed by atoms with van der Waals surface area (Å²) in [5.74, 6) is 2.02. The normalized spacial score (nSPS) is 18.2. The molecule has 1 saturated carbocycles. The maximum atomic E-state index is 13.8. The summed E-state index contributed by atoms with van der Waals surface area (Å²) in [6.07, 6.45) is 4.77. The van der Waals surface area contributed by atoms with Gasteiger partial charge in [-0.1, -0.05) is 32.0 Å². The third-order valence-corrected chi connectivity index (χ3v) is 6.29. The zero-order valence-corrected chi connectivity index (χ0v) is 19.3. The van der Waals surface area contributed by atoms with Gasteiger partial charge in [0, 0.05) is 29.6 Å². The van der Waals surface area contributed by atoms with Gasteiger partial charge in [0.25, 0.3) is 5.91 Å². The molecule has 1 amide bonds. The van der Waals surface area contributed by atoms with E-state index in [4.69, 9.17) is 9.15 Å². The van der Waals surface area contributed by atoms with E-state index in [1.165, 1.54) is 5.56 Å². The fourth-order valence-electron chi connectivity index (χ4n) is 4.64. The molecule has 1 atom stereocenters. The molecule has 1 aliphatic carbocycles. The molecule has 0 bridgehead atoms. The van der Waals surface area contributed by atoms with E-state index in [2.05, 4.69) is 35.9 Å². The molecule has 1 aliphatic heterocycles. The molecule has 1 aromatic carbocycles. The number of amides is 1. The van der Waals surface area contributed by atoms with Gasteiger partial charge in [-0.05, 0) is 50.2 Å². The first-order chi connectivity index (χ1) is 15.5. The van der Waals surface area contributed by atoms with Crippen molar-refractivity contribution in [3.63, 3.8) is 0 Å². The first-order valence-corrected chi connectivity index (χ1v) is 11.6. The van der Waals surface area contributed by atoms with Crippen molar-refractivity contribution in [1.82, 2.24) is 14.9 Å². The fourth-order valence-corrected chi connectivity index (χ4v) is 4.64. The molecule has 0 radical (unpaired) electrons. The van der Waals surface area contributed by atoms with Gasteiger partial charge in [-0.25, -0.2) is 4.98 Å². The van der Waals surface area contributed by atoms with Crippen molar-refractivity contribution < 1.29 is 13.9 Å². The topological polar surface area (TPSA) is 71.4 Å². The quantitative estimate of drug-likeness (QED) is 0.413. The predicted octanol–water partition coefficient (Wildman–Crippen LogP) is 5.47. The van der Waals surface area contributed by atoms with Gasteiger partial charge in [0.2, 0.25) is 0 Å². The fraction of sp³-hybridized carbons (Fsp3) is 0.462. The molecule has 1 unspecified atom stereocenters. The van der Waals surface area contributed by atoms with Crippen LogP contribution in [0.2, 0.25) is 0 Å². The monoisotopic (exact) mass is 433 g/mol. The number of rotatable bonds is 6. The first kappa shape index (κ1) is 20.9. The largest absolute Gasteiger partial charge is 0.488 e. The number of aromatic amines is 1. The number of furan rings is 1. The van der Waals surface area contributed by atoms with E-state index in [1.807, 2.05) is 30.9 Å². The maximum absolute atomic E-state index is 13.8. The van der Waals surface area contributed by atoms with Crippen molar-refractivity contribution in [2.24, 2.45) is 5.92 Å². The summed E-state index contributed by atoms with van der Waals surface area (Å²) < 4.78 is 12.5. The zero-order valence-electron chi connectivity index (χ0n) is 19.3. The average molecular weight is 434 g/mol. The molecule has 1 fully saturated rings. The van der Waals surface area contributed by atoms with Gasteiger partial charge in [0.1, 0.15) is 17.4 Å². The Morgan fingerprint density at radius 1 is 1.28 bits per heavy atom. The average Bonchev–Trinajstić information content (AvgIpc) is 3.35. The number of H-pyrrole nitrogens is 1. The number of carbonyl (C=O) groups is 1. The van der Waals surface area contributed by atoms with Crippen molar-refractivity contribution in [3.05, 3.63) is 64.6 Å². The third kappa shape index (κ3) is 3.61. The highest BCUT2D eigenvalue weighted by Crippen LogP contribution is 2.50. The predicted molar refractivity (Wildman–Crippen MR) is 123 cm³/mol. The number of aromatic nitrogens is 2. The molecule has 168 valence electrons. The van der Waals surface area contributed by atoms with Gasteiger partial charge in [-0.2, -0.15) is 0 Å². The van der Waals surface area contributed by atoms with Crippen LogP contribution in [0.1, 0.15) is 75.2 Å². The summed E-state index contributed by atoms with van der Waals surface area (Å²) >= 11 is 0. The Morgan fingerprint density at radius 2 is 2.06 bits per heavy atom. The van der Waals surface area contributed by atoms with Gasteiger partial charge >= 0.3 is 0 Å². The van der Waals surface area contributed by atoms with Crippen LogP contribution < -0.4 is 0 Å². The zero-order chi connectivity index (χ0) is 22.4. The second kappa shape index (κ2) is 8.15. The molecule has 3 aromatic rings. The van der Waals surface area contributed by atoms with Crippen LogP contribution in [-0.4, -0.2) is 33.9 Å². The number of hydrogen-bond acceptors (Lipinski definition) is 4. The molecule has 2 aromatic heterocycles. The Hall–Kier alpha value is -3.02. The summed E-state index contributed by atoms with van der Waals surface area (Å²) in [5.41, 5.74) is 4.94. The lowest BCUT2D eigenvalue weighted by atomic mass is 9.94. The number of allylic oxidation sites excluding steroid dienone is 1. The molecule has 6 nitrogen and oxygen atoms in total. The summed E-state index contributed by atoms with van der Waals surface area (Å²) in [6, 6.07) is 7.83. The third-order valence-electron chi connectivity index (χ3n) is 6.29. The molecule has 0 saturated heterocycles. The number of benzene rings is 1. The van der Waals surface area contributed by atoms with Crippen LogP contribution in [0.4, 0.5) is 0 Å². The maximum Gasteiger partial charge on any atom is 0.289 e. The summed E-state index contributed by atoms with van der Waals surface area (Å²) in [6.45, 7) is 9.14. The van der Waals surface area contributed by atoms with Crippen molar-refractivity contribution in [2.75, 3.05) is 13.2 Å². The molecule has 1 N–H and O–H groups in total. The van der Waals surface area contributed by atoms with E-state index in [1.54, 1.807) is 6.33 Å². The standard InChI is InChI=1S/C26H31N3O3/c1-15(2)13-31-24(16(3)4)26(30)29-12-11-19-22(28-14-27-19)23(29)25-21(17-9-10-17)18-7-5-6-8-20(18)32-25/h5-8,14-15,17,23H,9-13H2,1-4H3,(H,27,28). The van der Waals surface area contributed by atoms with Gasteiger partial charge in [-0.3, -0.25) is 4.79 Å². The van der Waals surface area contributed by atoms with E-state index in [-0.39, 0.29) is 11.9 Å².